The topological polar surface area (TPSA) is 48.1 Å². The van der Waals surface area contributed by atoms with E-state index in [1.807, 2.05) is 30.6 Å². The largest absolute Gasteiger partial charge is 0.349 e. The van der Waals surface area contributed by atoms with Crippen molar-refractivity contribution in [3.63, 3.8) is 0 Å². The first kappa shape index (κ1) is 18.5. The van der Waals surface area contributed by atoms with Gasteiger partial charge >= 0.3 is 0 Å². The molecule has 0 aliphatic rings. The number of aromatic nitrogens is 3. The molecule has 6 heteroatoms. The van der Waals surface area contributed by atoms with Gasteiger partial charge in [-0.15, -0.1) is 11.3 Å². The number of aromatic amines is 1. The molecular formula is C22H25N5S. The van der Waals surface area contributed by atoms with Crippen molar-refractivity contribution in [2.24, 2.45) is 0 Å². The van der Waals surface area contributed by atoms with Crippen LogP contribution >= 0.6 is 11.3 Å². The number of pyridine rings is 1. The monoisotopic (exact) mass is 391 g/mol. The fraction of sp³-hybridized carbons (Fsp3) is 0.273. The van der Waals surface area contributed by atoms with E-state index in [2.05, 4.69) is 65.8 Å². The van der Waals surface area contributed by atoms with Crippen LogP contribution in [0.4, 0.5) is 16.5 Å². The Morgan fingerprint density at radius 3 is 2.54 bits per heavy atom. The van der Waals surface area contributed by atoms with Crippen molar-refractivity contribution in [1.82, 2.24) is 15.0 Å². The van der Waals surface area contributed by atoms with E-state index in [0.717, 1.165) is 51.9 Å². The first-order valence-corrected chi connectivity index (χ1v) is 10.4. The number of nitrogens with zero attached hydrogens (tertiary/aromatic N) is 4. The highest BCUT2D eigenvalue weighted by atomic mass is 32.1. The van der Waals surface area contributed by atoms with Gasteiger partial charge in [0, 0.05) is 47.8 Å². The smallest absolute Gasteiger partial charge is 0.186 e. The predicted molar refractivity (Wildman–Crippen MR) is 120 cm³/mol. The number of rotatable bonds is 6. The summed E-state index contributed by atoms with van der Waals surface area (Å²) in [6.45, 7) is 8.41. The molecule has 0 aliphatic heterocycles. The zero-order chi connectivity index (χ0) is 19.7. The van der Waals surface area contributed by atoms with E-state index in [1.165, 1.54) is 4.88 Å². The molecule has 4 aromatic rings. The van der Waals surface area contributed by atoms with Gasteiger partial charge in [0.15, 0.2) is 5.13 Å². The lowest BCUT2D eigenvalue weighted by Gasteiger charge is -2.19. The summed E-state index contributed by atoms with van der Waals surface area (Å²) in [4.78, 5) is 18.6. The Balaban J connectivity index is 1.77. The maximum Gasteiger partial charge on any atom is 0.186 e. The standard InChI is InChI=1S/C22H25N5S/c1-5-27(6-2)22-25-20(15(3)28-22)19-14-24-21-18(19)12-17(13-23-21)26(4)16-10-8-7-9-11-16/h7-14H,5-6H2,1-4H3,(H,23,24). The fourth-order valence-corrected chi connectivity index (χ4v) is 4.48. The summed E-state index contributed by atoms with van der Waals surface area (Å²) in [7, 11) is 2.07. The zero-order valence-electron chi connectivity index (χ0n) is 16.7. The third-order valence-electron chi connectivity index (χ3n) is 5.12. The van der Waals surface area contributed by atoms with E-state index in [0.29, 0.717) is 0 Å². The number of nitrogens with one attached hydrogen (secondary N) is 1. The number of hydrogen-bond donors (Lipinski definition) is 1. The molecule has 3 heterocycles. The van der Waals surface area contributed by atoms with Gasteiger partial charge in [0.1, 0.15) is 5.65 Å². The number of hydrogen-bond acceptors (Lipinski definition) is 5. The Hall–Kier alpha value is -2.86. The van der Waals surface area contributed by atoms with Gasteiger partial charge in [-0.05, 0) is 39.0 Å². The van der Waals surface area contributed by atoms with Crippen LogP contribution in [-0.2, 0) is 0 Å². The van der Waals surface area contributed by atoms with E-state index >= 15 is 0 Å². The SMILES string of the molecule is CCN(CC)c1nc(-c2c[nH]c3ncc(N(C)c4ccccc4)cc23)c(C)s1. The molecule has 4 rings (SSSR count). The van der Waals surface area contributed by atoms with Crippen LogP contribution in [0.1, 0.15) is 18.7 Å². The van der Waals surface area contributed by atoms with Crippen molar-refractivity contribution in [2.75, 3.05) is 29.9 Å². The maximum absolute atomic E-state index is 4.96. The molecule has 144 valence electrons. The quantitative estimate of drug-likeness (QED) is 0.464. The number of fused-ring (bicyclic) bond motifs is 1. The molecule has 0 radical (unpaired) electrons. The number of aryl methyl sites for hydroxylation is 1. The Bertz CT molecular complexity index is 1080. The molecule has 1 aromatic carbocycles. The molecule has 0 spiro atoms. The Morgan fingerprint density at radius 2 is 1.82 bits per heavy atom. The highest BCUT2D eigenvalue weighted by Crippen LogP contribution is 2.37. The molecule has 0 unspecified atom stereocenters. The van der Waals surface area contributed by atoms with E-state index in [-0.39, 0.29) is 0 Å². The highest BCUT2D eigenvalue weighted by Gasteiger charge is 2.17. The molecule has 1 N–H and O–H groups in total. The summed E-state index contributed by atoms with van der Waals surface area (Å²) in [6, 6.07) is 12.5. The summed E-state index contributed by atoms with van der Waals surface area (Å²) < 4.78 is 0. The van der Waals surface area contributed by atoms with Crippen LogP contribution in [0.15, 0.2) is 48.8 Å². The normalized spacial score (nSPS) is 11.1. The zero-order valence-corrected chi connectivity index (χ0v) is 17.5. The van der Waals surface area contributed by atoms with Crippen LogP contribution in [0.5, 0.6) is 0 Å². The first-order valence-electron chi connectivity index (χ1n) is 9.61. The summed E-state index contributed by atoms with van der Waals surface area (Å²) in [5, 5.41) is 2.18. The molecule has 5 nitrogen and oxygen atoms in total. The summed E-state index contributed by atoms with van der Waals surface area (Å²) in [5.74, 6) is 0. The lowest BCUT2D eigenvalue weighted by Crippen LogP contribution is -2.21. The van der Waals surface area contributed by atoms with Crippen LogP contribution in [0, 0.1) is 6.92 Å². The molecule has 0 saturated carbocycles. The van der Waals surface area contributed by atoms with Gasteiger partial charge in [0.25, 0.3) is 0 Å². The number of H-pyrrole nitrogens is 1. The maximum atomic E-state index is 4.96. The van der Waals surface area contributed by atoms with Gasteiger partial charge in [-0.25, -0.2) is 9.97 Å². The van der Waals surface area contributed by atoms with Gasteiger partial charge in [-0.3, -0.25) is 0 Å². The van der Waals surface area contributed by atoms with Gasteiger partial charge in [0.2, 0.25) is 0 Å². The lowest BCUT2D eigenvalue weighted by molar-refractivity contribution is 0.860. The average molecular weight is 392 g/mol. The van der Waals surface area contributed by atoms with Crippen LogP contribution in [0.25, 0.3) is 22.3 Å². The highest BCUT2D eigenvalue weighted by molar-refractivity contribution is 7.16. The number of benzene rings is 1. The number of anilines is 3. The summed E-state index contributed by atoms with van der Waals surface area (Å²) >= 11 is 1.76. The second-order valence-corrected chi connectivity index (χ2v) is 7.94. The van der Waals surface area contributed by atoms with E-state index in [4.69, 9.17) is 4.98 Å². The number of thiazole rings is 1. The molecular weight excluding hydrogens is 366 g/mol. The summed E-state index contributed by atoms with van der Waals surface area (Å²) in [6.07, 6.45) is 3.93. The van der Waals surface area contributed by atoms with Crippen molar-refractivity contribution in [1.29, 1.82) is 0 Å². The van der Waals surface area contributed by atoms with Crippen molar-refractivity contribution >= 4 is 38.9 Å². The Morgan fingerprint density at radius 1 is 1.07 bits per heavy atom. The predicted octanol–water partition coefficient (Wildman–Crippen LogP) is 5.61. The van der Waals surface area contributed by atoms with Crippen molar-refractivity contribution in [2.45, 2.75) is 20.8 Å². The minimum atomic E-state index is 0.886. The minimum Gasteiger partial charge on any atom is -0.349 e. The van der Waals surface area contributed by atoms with Gasteiger partial charge in [-0.1, -0.05) is 18.2 Å². The second-order valence-electron chi connectivity index (χ2n) is 6.76. The lowest BCUT2D eigenvalue weighted by atomic mass is 10.1. The van der Waals surface area contributed by atoms with Crippen molar-refractivity contribution in [3.8, 4) is 11.3 Å². The van der Waals surface area contributed by atoms with Crippen LogP contribution in [0.3, 0.4) is 0 Å². The van der Waals surface area contributed by atoms with Crippen LogP contribution in [0.2, 0.25) is 0 Å². The third-order valence-corrected chi connectivity index (χ3v) is 6.15. The van der Waals surface area contributed by atoms with Gasteiger partial charge < -0.3 is 14.8 Å². The van der Waals surface area contributed by atoms with Gasteiger partial charge in [0.05, 0.1) is 17.6 Å². The Labute approximate surface area is 169 Å². The minimum absolute atomic E-state index is 0.886. The average Bonchev–Trinajstić information content (AvgIpc) is 3.31. The molecule has 0 fully saturated rings. The molecule has 0 bridgehead atoms. The van der Waals surface area contributed by atoms with E-state index in [9.17, 15) is 0 Å². The van der Waals surface area contributed by atoms with Crippen molar-refractivity contribution in [3.05, 3.63) is 53.7 Å². The molecule has 0 amide bonds. The third kappa shape index (κ3) is 3.24. The number of para-hydroxylation sites is 1. The van der Waals surface area contributed by atoms with E-state index in [1.54, 1.807) is 11.3 Å². The molecule has 0 aliphatic carbocycles. The summed E-state index contributed by atoms with van der Waals surface area (Å²) in [5.41, 5.74) is 5.22. The molecule has 3 aromatic heterocycles. The Kier molecular flexibility index (Phi) is 5.05. The van der Waals surface area contributed by atoms with Gasteiger partial charge in [-0.2, -0.15) is 0 Å². The van der Waals surface area contributed by atoms with Crippen LogP contribution in [-0.4, -0.2) is 35.1 Å². The fourth-order valence-electron chi connectivity index (χ4n) is 3.43. The van der Waals surface area contributed by atoms with E-state index < -0.39 is 0 Å². The van der Waals surface area contributed by atoms with Crippen molar-refractivity contribution < 1.29 is 0 Å². The molecule has 0 atom stereocenters. The second kappa shape index (κ2) is 7.64. The molecule has 28 heavy (non-hydrogen) atoms. The molecule has 0 saturated heterocycles. The van der Waals surface area contributed by atoms with Crippen LogP contribution < -0.4 is 9.80 Å². The first-order chi connectivity index (χ1) is 13.6.